The molecule has 0 bridgehead atoms. The molecule has 1 N–H and O–H groups in total. The Hall–Kier alpha value is -2.77. The second kappa shape index (κ2) is 6.55. The largest absolute Gasteiger partial charge is 0.438 e. The molecular formula is C15H17N5O3. The van der Waals surface area contributed by atoms with Gasteiger partial charge in [0.2, 0.25) is 11.7 Å². The van der Waals surface area contributed by atoms with Crippen molar-refractivity contribution in [1.29, 1.82) is 0 Å². The highest BCUT2D eigenvalue weighted by Gasteiger charge is 2.33. The van der Waals surface area contributed by atoms with E-state index in [-0.39, 0.29) is 23.6 Å². The van der Waals surface area contributed by atoms with Crippen LogP contribution in [-0.4, -0.2) is 38.2 Å². The number of oxazole rings is 1. The lowest BCUT2D eigenvalue weighted by Gasteiger charge is -2.23. The van der Waals surface area contributed by atoms with E-state index in [0.29, 0.717) is 18.8 Å². The van der Waals surface area contributed by atoms with Gasteiger partial charge in [-0.1, -0.05) is 0 Å². The molecule has 2 amide bonds. The average molecular weight is 315 g/mol. The van der Waals surface area contributed by atoms with Crippen LogP contribution in [0.2, 0.25) is 0 Å². The van der Waals surface area contributed by atoms with E-state index >= 15 is 0 Å². The fourth-order valence-electron chi connectivity index (χ4n) is 2.66. The molecule has 8 nitrogen and oxygen atoms in total. The van der Waals surface area contributed by atoms with Gasteiger partial charge in [0, 0.05) is 13.5 Å². The second-order valence-electron chi connectivity index (χ2n) is 5.37. The number of rotatable bonds is 4. The Morgan fingerprint density at radius 2 is 2.22 bits per heavy atom. The molecule has 3 heterocycles. The Bertz CT molecular complexity index is 701. The fraction of sp³-hybridized carbons (Fsp3) is 0.400. The predicted octanol–water partition coefficient (Wildman–Crippen LogP) is 1.08. The molecule has 8 heteroatoms. The fourth-order valence-corrected chi connectivity index (χ4v) is 2.66. The van der Waals surface area contributed by atoms with Crippen LogP contribution in [0, 0.1) is 0 Å². The molecule has 0 spiro atoms. The first-order valence-electron chi connectivity index (χ1n) is 7.40. The van der Waals surface area contributed by atoms with Crippen LogP contribution in [0.4, 0.5) is 0 Å². The monoisotopic (exact) mass is 315 g/mol. The first-order valence-corrected chi connectivity index (χ1v) is 7.40. The number of hydrogen-bond acceptors (Lipinski definition) is 6. The van der Waals surface area contributed by atoms with E-state index in [0.717, 1.165) is 18.5 Å². The van der Waals surface area contributed by atoms with Gasteiger partial charge in [-0.2, -0.15) is 0 Å². The maximum absolute atomic E-state index is 12.5. The molecule has 1 saturated heterocycles. The molecular weight excluding hydrogens is 298 g/mol. The summed E-state index contributed by atoms with van der Waals surface area (Å²) in [6.45, 7) is 2.41. The third-order valence-corrected chi connectivity index (χ3v) is 3.72. The van der Waals surface area contributed by atoms with E-state index < -0.39 is 0 Å². The molecule has 1 fully saturated rings. The minimum atomic E-state index is -0.195. The summed E-state index contributed by atoms with van der Waals surface area (Å²) in [5.74, 6) is -0.0986. The number of nitrogens with one attached hydrogen (secondary N) is 1. The first kappa shape index (κ1) is 15.1. The molecule has 3 rings (SSSR count). The van der Waals surface area contributed by atoms with Crippen LogP contribution in [0.5, 0.6) is 0 Å². The lowest BCUT2D eigenvalue weighted by atomic mass is 10.1. The van der Waals surface area contributed by atoms with Gasteiger partial charge in [-0.3, -0.25) is 19.6 Å². The molecule has 1 unspecified atom stereocenters. The van der Waals surface area contributed by atoms with Crippen molar-refractivity contribution in [1.82, 2.24) is 25.2 Å². The van der Waals surface area contributed by atoms with Crippen molar-refractivity contribution in [3.63, 3.8) is 0 Å². The lowest BCUT2D eigenvalue weighted by Crippen LogP contribution is -2.31. The maximum Gasteiger partial charge on any atom is 0.291 e. The predicted molar refractivity (Wildman–Crippen MR) is 79.1 cm³/mol. The Kier molecular flexibility index (Phi) is 4.31. The highest BCUT2D eigenvalue weighted by molar-refractivity contribution is 5.91. The van der Waals surface area contributed by atoms with Crippen LogP contribution in [0.25, 0.3) is 0 Å². The molecule has 0 saturated carbocycles. The van der Waals surface area contributed by atoms with Gasteiger partial charge in [0.15, 0.2) is 6.39 Å². The highest BCUT2D eigenvalue weighted by atomic mass is 16.3. The van der Waals surface area contributed by atoms with E-state index in [1.165, 1.54) is 19.5 Å². The van der Waals surface area contributed by atoms with Crippen molar-refractivity contribution < 1.29 is 14.0 Å². The lowest BCUT2D eigenvalue weighted by molar-refractivity contribution is -0.119. The van der Waals surface area contributed by atoms with Crippen LogP contribution in [0.1, 0.15) is 47.7 Å². The summed E-state index contributed by atoms with van der Waals surface area (Å²) in [6, 6.07) is -0.141. The van der Waals surface area contributed by atoms with Crippen molar-refractivity contribution in [2.75, 3.05) is 6.54 Å². The Balaban J connectivity index is 1.78. The van der Waals surface area contributed by atoms with E-state index in [1.807, 2.05) is 0 Å². The zero-order chi connectivity index (χ0) is 16.2. The summed E-state index contributed by atoms with van der Waals surface area (Å²) in [5.41, 5.74) is 1.38. The van der Waals surface area contributed by atoms with Gasteiger partial charge in [-0.15, -0.1) is 0 Å². The normalized spacial score (nSPS) is 17.3. The van der Waals surface area contributed by atoms with E-state index in [1.54, 1.807) is 17.3 Å². The first-order chi connectivity index (χ1) is 11.1. The van der Waals surface area contributed by atoms with Gasteiger partial charge in [0.05, 0.1) is 42.6 Å². The number of amides is 2. The number of carbonyl (C=O) groups excluding carboxylic acids is 2. The summed E-state index contributed by atoms with van der Waals surface area (Å²) >= 11 is 0. The van der Waals surface area contributed by atoms with Gasteiger partial charge in [0.25, 0.3) is 5.91 Å². The molecule has 1 aliphatic heterocycles. The SMILES string of the molecule is CC(=O)NCc1cncc(C2CCCN2C(=O)c2cnco2)n1. The third kappa shape index (κ3) is 3.36. The van der Waals surface area contributed by atoms with Crippen LogP contribution in [-0.2, 0) is 11.3 Å². The molecule has 0 radical (unpaired) electrons. The zero-order valence-electron chi connectivity index (χ0n) is 12.7. The van der Waals surface area contributed by atoms with Gasteiger partial charge in [0.1, 0.15) is 0 Å². The molecule has 0 aromatic carbocycles. The summed E-state index contributed by atoms with van der Waals surface area (Å²) in [4.78, 5) is 37.7. The standard InChI is InChI=1S/C15H17N5O3/c1-10(21)18-6-11-5-16-7-12(19-11)13-3-2-4-20(13)15(22)14-8-17-9-23-14/h5,7-9,13H,2-4,6H2,1H3,(H,18,21). The van der Waals surface area contributed by atoms with Crippen molar-refractivity contribution in [2.45, 2.75) is 32.4 Å². The van der Waals surface area contributed by atoms with Crippen LogP contribution in [0.3, 0.4) is 0 Å². The van der Waals surface area contributed by atoms with Gasteiger partial charge < -0.3 is 14.6 Å². The Morgan fingerprint density at radius 3 is 2.96 bits per heavy atom. The summed E-state index contributed by atoms with van der Waals surface area (Å²) in [6.07, 6.45) is 7.63. The van der Waals surface area contributed by atoms with E-state index in [2.05, 4.69) is 20.3 Å². The van der Waals surface area contributed by atoms with Crippen LogP contribution < -0.4 is 5.32 Å². The smallest absolute Gasteiger partial charge is 0.291 e. The van der Waals surface area contributed by atoms with Crippen LogP contribution >= 0.6 is 0 Å². The van der Waals surface area contributed by atoms with Crippen molar-refractivity contribution in [2.24, 2.45) is 0 Å². The molecule has 1 aliphatic rings. The van der Waals surface area contributed by atoms with E-state index in [9.17, 15) is 9.59 Å². The number of aromatic nitrogens is 3. The minimum absolute atomic E-state index is 0.125. The number of hydrogen-bond donors (Lipinski definition) is 1. The number of likely N-dealkylation sites (tertiary alicyclic amines) is 1. The van der Waals surface area contributed by atoms with Crippen molar-refractivity contribution >= 4 is 11.8 Å². The molecule has 2 aromatic heterocycles. The summed E-state index contributed by atoms with van der Waals surface area (Å²) in [7, 11) is 0. The minimum Gasteiger partial charge on any atom is -0.438 e. The topological polar surface area (TPSA) is 101 Å². The van der Waals surface area contributed by atoms with Crippen molar-refractivity contribution in [3.8, 4) is 0 Å². The molecule has 23 heavy (non-hydrogen) atoms. The summed E-state index contributed by atoms with van der Waals surface area (Å²) in [5, 5.41) is 2.69. The molecule has 0 aliphatic carbocycles. The number of nitrogens with zero attached hydrogens (tertiary/aromatic N) is 4. The molecule has 2 aromatic rings. The Labute approximate surface area is 132 Å². The van der Waals surface area contributed by atoms with Crippen molar-refractivity contribution in [3.05, 3.63) is 42.1 Å². The average Bonchev–Trinajstić information content (AvgIpc) is 3.23. The maximum atomic E-state index is 12.5. The van der Waals surface area contributed by atoms with Gasteiger partial charge in [-0.25, -0.2) is 4.98 Å². The van der Waals surface area contributed by atoms with E-state index in [4.69, 9.17) is 4.42 Å². The highest BCUT2D eigenvalue weighted by Crippen LogP contribution is 2.31. The third-order valence-electron chi connectivity index (χ3n) is 3.72. The second-order valence-corrected chi connectivity index (χ2v) is 5.37. The van der Waals surface area contributed by atoms with Crippen LogP contribution in [0.15, 0.2) is 29.4 Å². The molecule has 120 valence electrons. The zero-order valence-corrected chi connectivity index (χ0v) is 12.7. The Morgan fingerprint density at radius 1 is 1.35 bits per heavy atom. The van der Waals surface area contributed by atoms with Gasteiger partial charge >= 0.3 is 0 Å². The van der Waals surface area contributed by atoms with Gasteiger partial charge in [-0.05, 0) is 12.8 Å². The number of carbonyl (C=O) groups is 2. The quantitative estimate of drug-likeness (QED) is 0.906. The molecule has 1 atom stereocenters. The summed E-state index contributed by atoms with van der Waals surface area (Å²) < 4.78 is 5.09.